The van der Waals surface area contributed by atoms with E-state index in [1.54, 1.807) is 0 Å². The molecule has 0 amide bonds. The first-order valence-electron chi connectivity index (χ1n) is 4.48. The average Bonchev–Trinajstić information content (AvgIpc) is 2.46. The summed E-state index contributed by atoms with van der Waals surface area (Å²) >= 11 is 0. The lowest BCUT2D eigenvalue weighted by Gasteiger charge is -2.19. The Morgan fingerprint density at radius 2 is 2.50 bits per heavy atom. The molecular weight excluding hydrogens is 152 g/mol. The molecule has 1 aromatic rings. The summed E-state index contributed by atoms with van der Waals surface area (Å²) in [6.07, 6.45) is 3.09. The summed E-state index contributed by atoms with van der Waals surface area (Å²) in [5, 5.41) is 8.17. The molecule has 2 rings (SSSR count). The van der Waals surface area contributed by atoms with Crippen molar-refractivity contribution in [2.24, 2.45) is 5.73 Å². The first-order valence-corrected chi connectivity index (χ1v) is 4.48. The van der Waals surface area contributed by atoms with Crippen molar-refractivity contribution in [3.8, 4) is 0 Å². The SMILES string of the molecule is CCc1nnn2c1CCC(N)C2. The van der Waals surface area contributed by atoms with Crippen molar-refractivity contribution in [2.75, 3.05) is 0 Å². The summed E-state index contributed by atoms with van der Waals surface area (Å²) in [6, 6.07) is 0.268. The molecule has 1 atom stereocenters. The molecule has 4 heteroatoms. The number of nitrogens with two attached hydrogens (primary N) is 1. The molecule has 0 aromatic carbocycles. The molecule has 66 valence electrons. The zero-order valence-electron chi connectivity index (χ0n) is 7.32. The van der Waals surface area contributed by atoms with Crippen LogP contribution < -0.4 is 5.73 Å². The summed E-state index contributed by atoms with van der Waals surface area (Å²) < 4.78 is 1.95. The number of aromatic nitrogens is 3. The first kappa shape index (κ1) is 7.73. The molecule has 0 bridgehead atoms. The molecule has 4 nitrogen and oxygen atoms in total. The standard InChI is InChI=1S/C8H14N4/c1-2-7-8-4-3-6(9)5-12(8)11-10-7/h6H,2-5,9H2,1H3. The topological polar surface area (TPSA) is 56.7 Å². The lowest BCUT2D eigenvalue weighted by atomic mass is 10.0. The fraction of sp³-hybridized carbons (Fsp3) is 0.750. The lowest BCUT2D eigenvalue weighted by molar-refractivity contribution is 0.420. The average molecular weight is 166 g/mol. The van der Waals surface area contributed by atoms with E-state index in [-0.39, 0.29) is 6.04 Å². The van der Waals surface area contributed by atoms with E-state index in [2.05, 4.69) is 17.2 Å². The van der Waals surface area contributed by atoms with Crippen LogP contribution in [0, 0.1) is 0 Å². The first-order chi connectivity index (χ1) is 5.81. The Morgan fingerprint density at radius 3 is 3.25 bits per heavy atom. The molecule has 2 N–H and O–H groups in total. The molecule has 1 aromatic heterocycles. The van der Waals surface area contributed by atoms with Gasteiger partial charge in [0, 0.05) is 6.04 Å². The number of nitrogens with zero attached hydrogens (tertiary/aromatic N) is 3. The van der Waals surface area contributed by atoms with Gasteiger partial charge in [-0.25, -0.2) is 4.68 Å². The molecule has 1 unspecified atom stereocenters. The van der Waals surface area contributed by atoms with Crippen LogP contribution in [0.4, 0.5) is 0 Å². The van der Waals surface area contributed by atoms with Gasteiger partial charge in [-0.05, 0) is 19.3 Å². The van der Waals surface area contributed by atoms with E-state index in [4.69, 9.17) is 5.73 Å². The summed E-state index contributed by atoms with van der Waals surface area (Å²) in [5.74, 6) is 0. The van der Waals surface area contributed by atoms with Gasteiger partial charge in [-0.15, -0.1) is 5.10 Å². The van der Waals surface area contributed by atoms with Crippen molar-refractivity contribution < 1.29 is 0 Å². The van der Waals surface area contributed by atoms with E-state index in [0.29, 0.717) is 0 Å². The number of rotatable bonds is 1. The molecule has 0 fully saturated rings. The largest absolute Gasteiger partial charge is 0.326 e. The van der Waals surface area contributed by atoms with E-state index < -0.39 is 0 Å². The number of hydrogen-bond donors (Lipinski definition) is 1. The third-order valence-electron chi connectivity index (χ3n) is 2.41. The minimum Gasteiger partial charge on any atom is -0.326 e. The van der Waals surface area contributed by atoms with Crippen LogP contribution >= 0.6 is 0 Å². The molecule has 1 aliphatic rings. The van der Waals surface area contributed by atoms with E-state index in [9.17, 15) is 0 Å². The molecule has 1 aliphatic heterocycles. The van der Waals surface area contributed by atoms with Gasteiger partial charge in [-0.1, -0.05) is 12.1 Å². The van der Waals surface area contributed by atoms with Gasteiger partial charge in [0.05, 0.1) is 17.9 Å². The van der Waals surface area contributed by atoms with Crippen molar-refractivity contribution in [1.29, 1.82) is 0 Å². The molecular formula is C8H14N4. The smallest absolute Gasteiger partial charge is 0.0856 e. The maximum Gasteiger partial charge on any atom is 0.0856 e. The van der Waals surface area contributed by atoms with Crippen LogP contribution in [0.5, 0.6) is 0 Å². The van der Waals surface area contributed by atoms with Crippen LogP contribution in [-0.2, 0) is 19.4 Å². The van der Waals surface area contributed by atoms with Crippen molar-refractivity contribution in [3.05, 3.63) is 11.4 Å². The van der Waals surface area contributed by atoms with Gasteiger partial charge in [-0.2, -0.15) is 0 Å². The lowest BCUT2D eigenvalue weighted by Crippen LogP contribution is -2.32. The Morgan fingerprint density at radius 1 is 1.67 bits per heavy atom. The summed E-state index contributed by atoms with van der Waals surface area (Å²) in [4.78, 5) is 0. The van der Waals surface area contributed by atoms with Crippen LogP contribution in [0.2, 0.25) is 0 Å². The van der Waals surface area contributed by atoms with E-state index in [0.717, 1.165) is 31.5 Å². The van der Waals surface area contributed by atoms with Gasteiger partial charge in [0.1, 0.15) is 0 Å². The van der Waals surface area contributed by atoms with Crippen molar-refractivity contribution in [2.45, 2.75) is 38.8 Å². The second-order valence-corrected chi connectivity index (χ2v) is 3.32. The Kier molecular flexibility index (Phi) is 1.84. The summed E-state index contributed by atoms with van der Waals surface area (Å²) in [7, 11) is 0. The second kappa shape index (κ2) is 2.86. The predicted octanol–water partition coefficient (Wildman–Crippen LogP) is 0.114. The van der Waals surface area contributed by atoms with Crippen LogP contribution in [0.15, 0.2) is 0 Å². The van der Waals surface area contributed by atoms with Crippen LogP contribution in [0.1, 0.15) is 24.7 Å². The number of hydrogen-bond acceptors (Lipinski definition) is 3. The van der Waals surface area contributed by atoms with Gasteiger partial charge in [0.2, 0.25) is 0 Å². The maximum atomic E-state index is 5.81. The zero-order chi connectivity index (χ0) is 8.55. The van der Waals surface area contributed by atoms with Crippen LogP contribution in [-0.4, -0.2) is 21.0 Å². The van der Waals surface area contributed by atoms with Crippen molar-refractivity contribution in [1.82, 2.24) is 15.0 Å². The van der Waals surface area contributed by atoms with Gasteiger partial charge >= 0.3 is 0 Å². The highest BCUT2D eigenvalue weighted by atomic mass is 15.4. The van der Waals surface area contributed by atoms with Crippen LogP contribution in [0.3, 0.4) is 0 Å². The summed E-state index contributed by atoms with van der Waals surface area (Å²) in [5.41, 5.74) is 8.24. The monoisotopic (exact) mass is 166 g/mol. The third-order valence-corrected chi connectivity index (χ3v) is 2.41. The quantitative estimate of drug-likeness (QED) is 0.644. The van der Waals surface area contributed by atoms with Gasteiger partial charge in [0.25, 0.3) is 0 Å². The Balaban J connectivity index is 2.32. The van der Waals surface area contributed by atoms with Crippen molar-refractivity contribution >= 4 is 0 Å². The van der Waals surface area contributed by atoms with E-state index >= 15 is 0 Å². The Hall–Kier alpha value is -0.900. The predicted molar refractivity (Wildman–Crippen MR) is 45.7 cm³/mol. The highest BCUT2D eigenvalue weighted by molar-refractivity contribution is 5.12. The molecule has 0 aliphatic carbocycles. The van der Waals surface area contributed by atoms with Crippen molar-refractivity contribution in [3.63, 3.8) is 0 Å². The second-order valence-electron chi connectivity index (χ2n) is 3.32. The van der Waals surface area contributed by atoms with Gasteiger partial charge in [-0.3, -0.25) is 0 Å². The fourth-order valence-corrected chi connectivity index (χ4v) is 1.70. The van der Waals surface area contributed by atoms with Gasteiger partial charge < -0.3 is 5.73 Å². The molecule has 12 heavy (non-hydrogen) atoms. The Bertz CT molecular complexity index is 279. The highest BCUT2D eigenvalue weighted by Crippen LogP contribution is 2.15. The molecule has 2 heterocycles. The maximum absolute atomic E-state index is 5.81. The molecule has 0 spiro atoms. The van der Waals surface area contributed by atoms with Gasteiger partial charge in [0.15, 0.2) is 0 Å². The minimum absolute atomic E-state index is 0.268. The minimum atomic E-state index is 0.268. The third kappa shape index (κ3) is 1.12. The summed E-state index contributed by atoms with van der Waals surface area (Å²) in [6.45, 7) is 2.95. The highest BCUT2D eigenvalue weighted by Gasteiger charge is 2.19. The van der Waals surface area contributed by atoms with E-state index in [1.165, 1.54) is 5.69 Å². The molecule has 0 radical (unpaired) electrons. The van der Waals surface area contributed by atoms with E-state index in [1.807, 2.05) is 4.68 Å². The zero-order valence-corrected chi connectivity index (χ0v) is 7.32. The van der Waals surface area contributed by atoms with Crippen LogP contribution in [0.25, 0.3) is 0 Å². The molecule has 0 saturated heterocycles. The normalized spacial score (nSPS) is 22.3. The number of aryl methyl sites for hydroxylation is 1. The molecule has 0 saturated carbocycles. The fourth-order valence-electron chi connectivity index (χ4n) is 1.70. The Labute approximate surface area is 71.8 Å². The number of fused-ring (bicyclic) bond motifs is 1.